The fourth-order valence-electron chi connectivity index (χ4n) is 4.62. The van der Waals surface area contributed by atoms with E-state index in [2.05, 4.69) is 9.88 Å². The van der Waals surface area contributed by atoms with Crippen molar-refractivity contribution in [3.63, 3.8) is 0 Å². The molecular formula is C20H23F2N5O2. The zero-order valence-electron chi connectivity index (χ0n) is 16.1. The van der Waals surface area contributed by atoms with Gasteiger partial charge in [-0.2, -0.15) is 0 Å². The van der Waals surface area contributed by atoms with Crippen LogP contribution < -0.4 is 5.73 Å². The Bertz CT molecular complexity index is 978. The van der Waals surface area contributed by atoms with E-state index in [4.69, 9.17) is 10.5 Å². The SMILES string of the molecule is CN1CCn2c(nc3c2CN([C@H]2CO[C@H](c4cc(F)ccc4F)[C@@H](N)C2)C3)C1=O. The molecule has 0 bridgehead atoms. The number of halogens is 2. The van der Waals surface area contributed by atoms with Crippen LogP contribution in [0.15, 0.2) is 18.2 Å². The molecule has 0 aliphatic carbocycles. The number of amides is 1. The number of aromatic nitrogens is 2. The maximum Gasteiger partial charge on any atom is 0.289 e. The summed E-state index contributed by atoms with van der Waals surface area (Å²) in [6, 6.07) is 2.97. The van der Waals surface area contributed by atoms with Gasteiger partial charge in [-0.3, -0.25) is 9.69 Å². The lowest BCUT2D eigenvalue weighted by atomic mass is 9.93. The maximum absolute atomic E-state index is 14.1. The number of carbonyl (C=O) groups excluding carboxylic acids is 1. The van der Waals surface area contributed by atoms with Crippen LogP contribution in [0.5, 0.6) is 0 Å². The molecule has 4 heterocycles. The second-order valence-corrected chi connectivity index (χ2v) is 8.09. The number of fused-ring (bicyclic) bond motifs is 3. The number of benzene rings is 1. The molecule has 29 heavy (non-hydrogen) atoms. The molecule has 2 aromatic rings. The van der Waals surface area contributed by atoms with Gasteiger partial charge in [0.05, 0.1) is 18.0 Å². The minimum absolute atomic E-state index is 0.0415. The molecule has 154 valence electrons. The summed E-state index contributed by atoms with van der Waals surface area (Å²) in [4.78, 5) is 20.8. The molecule has 1 fully saturated rings. The molecule has 3 atom stereocenters. The number of hydrogen-bond donors (Lipinski definition) is 1. The topological polar surface area (TPSA) is 76.6 Å². The first-order valence-corrected chi connectivity index (χ1v) is 9.82. The van der Waals surface area contributed by atoms with Gasteiger partial charge >= 0.3 is 0 Å². The molecule has 1 aromatic carbocycles. The molecule has 0 saturated carbocycles. The number of ether oxygens (including phenoxy) is 1. The highest BCUT2D eigenvalue weighted by molar-refractivity contribution is 5.91. The Morgan fingerprint density at radius 2 is 2.07 bits per heavy atom. The number of nitrogens with zero attached hydrogens (tertiary/aromatic N) is 4. The monoisotopic (exact) mass is 403 g/mol. The van der Waals surface area contributed by atoms with Crippen LogP contribution in [-0.4, -0.2) is 57.5 Å². The van der Waals surface area contributed by atoms with Gasteiger partial charge in [-0.25, -0.2) is 13.8 Å². The highest BCUT2D eigenvalue weighted by atomic mass is 19.1. The van der Waals surface area contributed by atoms with E-state index >= 15 is 0 Å². The van der Waals surface area contributed by atoms with Crippen LogP contribution in [0.4, 0.5) is 8.78 Å². The van der Waals surface area contributed by atoms with Crippen LogP contribution >= 0.6 is 0 Å². The van der Waals surface area contributed by atoms with Crippen LogP contribution in [-0.2, 0) is 24.4 Å². The first kappa shape index (κ1) is 18.7. The molecule has 0 radical (unpaired) electrons. The van der Waals surface area contributed by atoms with Gasteiger partial charge in [-0.05, 0) is 24.6 Å². The number of nitrogens with two attached hydrogens (primary N) is 1. The molecule has 1 aromatic heterocycles. The smallest absolute Gasteiger partial charge is 0.289 e. The van der Waals surface area contributed by atoms with Crippen molar-refractivity contribution >= 4 is 5.91 Å². The van der Waals surface area contributed by atoms with Gasteiger partial charge in [-0.1, -0.05) is 0 Å². The Hall–Kier alpha value is -2.36. The van der Waals surface area contributed by atoms with Crippen molar-refractivity contribution < 1.29 is 18.3 Å². The fraction of sp³-hybridized carbons (Fsp3) is 0.500. The minimum atomic E-state index is -0.663. The van der Waals surface area contributed by atoms with Gasteiger partial charge in [0.15, 0.2) is 5.82 Å². The third-order valence-corrected chi connectivity index (χ3v) is 6.24. The molecule has 5 rings (SSSR count). The van der Waals surface area contributed by atoms with E-state index in [0.717, 1.165) is 36.1 Å². The Kier molecular flexibility index (Phi) is 4.41. The Balaban J connectivity index is 1.30. The molecule has 1 saturated heterocycles. The Morgan fingerprint density at radius 3 is 2.86 bits per heavy atom. The second kappa shape index (κ2) is 6.86. The van der Waals surface area contributed by atoms with Crippen LogP contribution in [0.2, 0.25) is 0 Å². The van der Waals surface area contributed by atoms with Crippen molar-refractivity contribution in [1.29, 1.82) is 0 Å². The second-order valence-electron chi connectivity index (χ2n) is 8.09. The van der Waals surface area contributed by atoms with Gasteiger partial charge < -0.3 is 19.9 Å². The molecule has 0 unspecified atom stereocenters. The molecule has 9 heteroatoms. The summed E-state index contributed by atoms with van der Waals surface area (Å²) in [7, 11) is 1.79. The van der Waals surface area contributed by atoms with Gasteiger partial charge in [-0.15, -0.1) is 0 Å². The van der Waals surface area contributed by atoms with Gasteiger partial charge in [0.1, 0.15) is 17.7 Å². The average molecular weight is 403 g/mol. The summed E-state index contributed by atoms with van der Waals surface area (Å²) in [6.45, 7) is 3.11. The molecular weight excluding hydrogens is 380 g/mol. The molecule has 2 N–H and O–H groups in total. The first-order chi connectivity index (χ1) is 13.9. The molecule has 3 aliphatic rings. The third-order valence-electron chi connectivity index (χ3n) is 6.24. The lowest BCUT2D eigenvalue weighted by molar-refractivity contribution is -0.0535. The van der Waals surface area contributed by atoms with Crippen LogP contribution in [0.3, 0.4) is 0 Å². The normalized spacial score (nSPS) is 27.2. The highest BCUT2D eigenvalue weighted by Crippen LogP contribution is 2.34. The first-order valence-electron chi connectivity index (χ1n) is 9.82. The van der Waals surface area contributed by atoms with E-state index in [0.29, 0.717) is 38.5 Å². The van der Waals surface area contributed by atoms with Gasteiger partial charge in [0.2, 0.25) is 0 Å². The zero-order valence-corrected chi connectivity index (χ0v) is 16.1. The summed E-state index contributed by atoms with van der Waals surface area (Å²) in [5.74, 6) is -0.537. The quantitative estimate of drug-likeness (QED) is 0.821. The van der Waals surface area contributed by atoms with Gasteiger partial charge in [0.25, 0.3) is 5.91 Å². The van der Waals surface area contributed by atoms with Crippen molar-refractivity contribution in [2.24, 2.45) is 5.73 Å². The predicted molar refractivity (Wildman–Crippen MR) is 99.9 cm³/mol. The molecule has 0 spiro atoms. The standard InChI is InChI=1S/C20H23F2N5O2/c1-25-4-5-27-17-9-26(8-16(17)24-19(27)20(25)28)12-7-15(23)18(29-10-12)13-6-11(21)2-3-14(13)22/h2-3,6,12,15,18H,4-5,7-10,23H2,1H3/t12-,15+,18-/m1/s1. The van der Waals surface area contributed by atoms with Crippen molar-refractivity contribution in [1.82, 2.24) is 19.4 Å². The summed E-state index contributed by atoms with van der Waals surface area (Å²) in [5, 5.41) is 0. The van der Waals surface area contributed by atoms with E-state index in [9.17, 15) is 13.6 Å². The van der Waals surface area contributed by atoms with E-state index < -0.39 is 23.8 Å². The highest BCUT2D eigenvalue weighted by Gasteiger charge is 2.39. The number of imidazole rings is 1. The van der Waals surface area contributed by atoms with Crippen molar-refractivity contribution in [3.8, 4) is 0 Å². The van der Waals surface area contributed by atoms with Crippen molar-refractivity contribution in [2.75, 3.05) is 20.2 Å². The molecule has 1 amide bonds. The van der Waals surface area contributed by atoms with E-state index in [1.807, 2.05) is 4.57 Å². The summed E-state index contributed by atoms with van der Waals surface area (Å²) < 4.78 is 35.6. The summed E-state index contributed by atoms with van der Waals surface area (Å²) in [6.07, 6.45) is -0.0522. The number of carbonyl (C=O) groups is 1. The van der Waals surface area contributed by atoms with Crippen LogP contribution in [0, 0.1) is 11.6 Å². The number of likely N-dealkylation sites (N-methyl/N-ethyl adjacent to an activating group) is 1. The Labute approximate surface area is 167 Å². The Morgan fingerprint density at radius 1 is 1.24 bits per heavy atom. The lowest BCUT2D eigenvalue weighted by Crippen LogP contribution is -2.48. The van der Waals surface area contributed by atoms with Crippen LogP contribution in [0.1, 0.15) is 40.1 Å². The minimum Gasteiger partial charge on any atom is -0.370 e. The van der Waals surface area contributed by atoms with Gasteiger partial charge in [0, 0.05) is 50.9 Å². The summed E-state index contributed by atoms with van der Waals surface area (Å²) in [5.41, 5.74) is 8.47. The molecule has 7 nitrogen and oxygen atoms in total. The van der Waals surface area contributed by atoms with E-state index in [-0.39, 0.29) is 17.5 Å². The zero-order chi connectivity index (χ0) is 20.3. The average Bonchev–Trinajstić information content (AvgIpc) is 3.25. The predicted octanol–water partition coefficient (Wildman–Crippen LogP) is 1.42. The lowest BCUT2D eigenvalue weighted by Gasteiger charge is -2.38. The number of rotatable bonds is 2. The molecule has 3 aliphatic heterocycles. The summed E-state index contributed by atoms with van der Waals surface area (Å²) >= 11 is 0. The van der Waals surface area contributed by atoms with Crippen molar-refractivity contribution in [2.45, 2.75) is 44.2 Å². The fourth-order valence-corrected chi connectivity index (χ4v) is 4.62. The van der Waals surface area contributed by atoms with Crippen molar-refractivity contribution in [3.05, 3.63) is 52.6 Å². The largest absolute Gasteiger partial charge is 0.370 e. The maximum atomic E-state index is 14.1. The van der Waals surface area contributed by atoms with Crippen LogP contribution in [0.25, 0.3) is 0 Å². The van der Waals surface area contributed by atoms with E-state index in [1.165, 1.54) is 0 Å². The van der Waals surface area contributed by atoms with E-state index in [1.54, 1.807) is 11.9 Å². The third kappa shape index (κ3) is 3.04. The number of hydrogen-bond acceptors (Lipinski definition) is 5.